The number of hydrogen-bond acceptors (Lipinski definition) is 5. The molecule has 0 aromatic carbocycles. The molecule has 0 radical (unpaired) electrons. The number of thioether (sulfide) groups is 1. The Bertz CT molecular complexity index is 561. The van der Waals surface area contributed by atoms with Gasteiger partial charge in [0.2, 0.25) is 0 Å². The third-order valence-corrected chi connectivity index (χ3v) is 3.60. The van der Waals surface area contributed by atoms with Gasteiger partial charge >= 0.3 is 5.97 Å². The van der Waals surface area contributed by atoms with Crippen LogP contribution in [0.4, 0.5) is 0 Å². The second kappa shape index (κ2) is 3.49. The van der Waals surface area contributed by atoms with E-state index in [1.165, 1.54) is 28.3 Å². The van der Waals surface area contributed by atoms with Crippen LogP contribution in [0.25, 0.3) is 6.08 Å². The van der Waals surface area contributed by atoms with Crippen LogP contribution < -0.4 is 0 Å². The van der Waals surface area contributed by atoms with Crippen LogP contribution in [-0.4, -0.2) is 32.4 Å². The minimum atomic E-state index is -1.09. The van der Waals surface area contributed by atoms with Crippen molar-refractivity contribution in [3.63, 3.8) is 0 Å². The molecule has 1 saturated heterocycles. The van der Waals surface area contributed by atoms with Gasteiger partial charge in [0, 0.05) is 11.5 Å². The summed E-state index contributed by atoms with van der Waals surface area (Å²) in [5, 5.41) is 13.8. The lowest BCUT2D eigenvalue weighted by atomic mass is 10.0. The van der Waals surface area contributed by atoms with E-state index in [1.54, 1.807) is 12.1 Å². The summed E-state index contributed by atoms with van der Waals surface area (Å²) in [7, 11) is 0. The van der Waals surface area contributed by atoms with Gasteiger partial charge in [-0.15, -0.1) is 11.8 Å². The van der Waals surface area contributed by atoms with Gasteiger partial charge in [0.05, 0.1) is 5.57 Å². The fourth-order valence-corrected chi connectivity index (χ4v) is 2.84. The fraction of sp³-hybridized carbons (Fsp3) is 0.100. The van der Waals surface area contributed by atoms with Gasteiger partial charge < -0.3 is 9.63 Å². The van der Waals surface area contributed by atoms with E-state index < -0.39 is 5.97 Å². The van der Waals surface area contributed by atoms with Gasteiger partial charge in [0.15, 0.2) is 0 Å². The first-order chi connectivity index (χ1) is 8.18. The topological polar surface area (TPSA) is 83.6 Å². The molecule has 0 spiro atoms. The Balaban J connectivity index is 1.87. The summed E-state index contributed by atoms with van der Waals surface area (Å²) in [6.45, 7) is 0. The second-order valence-electron chi connectivity index (χ2n) is 3.50. The monoisotopic (exact) mass is 250 g/mol. The number of aromatic nitrogens is 1. The predicted molar refractivity (Wildman–Crippen MR) is 58.4 cm³/mol. The largest absolute Gasteiger partial charge is 0.477 e. The Morgan fingerprint density at radius 3 is 3.12 bits per heavy atom. The molecule has 1 atom stereocenters. The Labute approximate surface area is 99.6 Å². The van der Waals surface area contributed by atoms with Crippen molar-refractivity contribution in [3.8, 4) is 0 Å². The van der Waals surface area contributed by atoms with E-state index in [4.69, 9.17) is 5.11 Å². The summed E-state index contributed by atoms with van der Waals surface area (Å²) in [4.78, 5) is 23.9. The molecular weight excluding hydrogens is 244 g/mol. The quantitative estimate of drug-likeness (QED) is 0.620. The molecular formula is C10H6N2O4S. The maximum absolute atomic E-state index is 11.8. The summed E-state index contributed by atoms with van der Waals surface area (Å²) in [5.74, 6) is -1.38. The van der Waals surface area contributed by atoms with E-state index in [1.807, 2.05) is 0 Å². The minimum Gasteiger partial charge on any atom is -0.477 e. The van der Waals surface area contributed by atoms with Gasteiger partial charge in [-0.1, -0.05) is 5.16 Å². The number of carbonyl (C=O) groups is 2. The maximum Gasteiger partial charge on any atom is 0.353 e. The van der Waals surface area contributed by atoms with Crippen molar-refractivity contribution < 1.29 is 19.2 Å². The van der Waals surface area contributed by atoms with Crippen LogP contribution in [0.1, 0.15) is 5.69 Å². The highest BCUT2D eigenvalue weighted by Gasteiger charge is 2.49. The van der Waals surface area contributed by atoms with E-state index in [0.29, 0.717) is 11.3 Å². The number of hydrogen-bond donors (Lipinski definition) is 1. The third-order valence-electron chi connectivity index (χ3n) is 2.51. The van der Waals surface area contributed by atoms with Crippen molar-refractivity contribution in [1.29, 1.82) is 0 Å². The Kier molecular flexibility index (Phi) is 2.08. The zero-order valence-electron chi connectivity index (χ0n) is 8.36. The first-order valence-electron chi connectivity index (χ1n) is 4.73. The summed E-state index contributed by atoms with van der Waals surface area (Å²) < 4.78 is 4.66. The van der Waals surface area contributed by atoms with Crippen LogP contribution in [0.3, 0.4) is 0 Å². The molecule has 1 aromatic rings. The van der Waals surface area contributed by atoms with E-state index in [9.17, 15) is 9.59 Å². The fourth-order valence-electron chi connectivity index (χ4n) is 1.72. The number of carboxylic acid groups (broad SMARTS) is 1. The average Bonchev–Trinajstić information content (AvgIpc) is 2.93. The third kappa shape index (κ3) is 1.39. The SMILES string of the molecule is O=C(O)C1=CS[C@H]2/C(=C\c3ccon3)C(=O)N12. The minimum absolute atomic E-state index is 0.0299. The van der Waals surface area contributed by atoms with Gasteiger partial charge in [0.25, 0.3) is 5.91 Å². The molecule has 1 N–H and O–H groups in total. The van der Waals surface area contributed by atoms with Crippen LogP contribution in [0, 0.1) is 0 Å². The Morgan fingerprint density at radius 2 is 2.47 bits per heavy atom. The molecule has 17 heavy (non-hydrogen) atoms. The highest BCUT2D eigenvalue weighted by molar-refractivity contribution is 8.03. The van der Waals surface area contributed by atoms with Gasteiger partial charge in [-0.3, -0.25) is 9.69 Å². The van der Waals surface area contributed by atoms with E-state index >= 15 is 0 Å². The van der Waals surface area contributed by atoms with Crippen molar-refractivity contribution in [2.45, 2.75) is 5.37 Å². The van der Waals surface area contributed by atoms with Gasteiger partial charge in [-0.05, 0) is 6.08 Å². The lowest BCUT2D eigenvalue weighted by molar-refractivity contribution is -0.141. The summed E-state index contributed by atoms with van der Waals surface area (Å²) in [5.41, 5.74) is 1.12. The predicted octanol–water partition coefficient (Wildman–Crippen LogP) is 0.899. The number of aliphatic carboxylic acids is 1. The van der Waals surface area contributed by atoms with Crippen LogP contribution in [0.5, 0.6) is 0 Å². The Hall–Kier alpha value is -2.02. The van der Waals surface area contributed by atoms with E-state index in [0.717, 1.165) is 0 Å². The molecule has 2 aliphatic heterocycles. The summed E-state index contributed by atoms with van der Waals surface area (Å²) >= 11 is 1.30. The highest BCUT2D eigenvalue weighted by Crippen LogP contribution is 2.44. The molecule has 0 bridgehead atoms. The number of rotatable bonds is 2. The van der Waals surface area contributed by atoms with Crippen LogP contribution in [-0.2, 0) is 9.59 Å². The molecule has 6 nitrogen and oxygen atoms in total. The summed E-state index contributed by atoms with van der Waals surface area (Å²) in [6.07, 6.45) is 3.02. The van der Waals surface area contributed by atoms with Crippen molar-refractivity contribution >= 4 is 29.7 Å². The zero-order chi connectivity index (χ0) is 12.0. The molecule has 7 heteroatoms. The number of fused-ring (bicyclic) bond motifs is 1. The molecule has 3 rings (SSSR count). The molecule has 1 fully saturated rings. The highest BCUT2D eigenvalue weighted by atomic mass is 32.2. The van der Waals surface area contributed by atoms with Crippen LogP contribution in [0.15, 0.2) is 33.5 Å². The molecule has 0 saturated carbocycles. The molecule has 1 amide bonds. The number of carbonyl (C=O) groups excluding carboxylic acids is 1. The van der Waals surface area contributed by atoms with Gasteiger partial charge in [-0.25, -0.2) is 4.79 Å². The van der Waals surface area contributed by atoms with Crippen molar-refractivity contribution in [2.75, 3.05) is 0 Å². The molecule has 0 unspecified atom stereocenters. The second-order valence-corrected chi connectivity index (χ2v) is 4.45. The number of amides is 1. The van der Waals surface area contributed by atoms with Crippen LogP contribution in [0.2, 0.25) is 0 Å². The first-order valence-corrected chi connectivity index (χ1v) is 5.67. The van der Waals surface area contributed by atoms with E-state index in [2.05, 4.69) is 9.68 Å². The number of nitrogens with zero attached hydrogens (tertiary/aromatic N) is 2. The molecule has 0 aliphatic carbocycles. The molecule has 86 valence electrons. The van der Waals surface area contributed by atoms with Gasteiger partial charge in [0.1, 0.15) is 23.0 Å². The maximum atomic E-state index is 11.8. The number of carboxylic acids is 1. The Morgan fingerprint density at radius 1 is 1.65 bits per heavy atom. The van der Waals surface area contributed by atoms with Crippen molar-refractivity contribution in [2.24, 2.45) is 0 Å². The van der Waals surface area contributed by atoms with E-state index in [-0.39, 0.29) is 17.0 Å². The smallest absolute Gasteiger partial charge is 0.353 e. The van der Waals surface area contributed by atoms with Crippen molar-refractivity contribution in [3.05, 3.63) is 34.7 Å². The molecule has 3 heterocycles. The standard InChI is InChI=1S/C10H6N2O4S/c13-8-6(3-5-1-2-16-11-5)9-12(8)7(4-17-9)10(14)15/h1-4,9H,(H,14,15)/b6-3-/t9-/m0/s1. The zero-order valence-corrected chi connectivity index (χ0v) is 9.18. The lowest BCUT2D eigenvalue weighted by Gasteiger charge is -2.36. The van der Waals surface area contributed by atoms with Gasteiger partial charge in [-0.2, -0.15) is 0 Å². The van der Waals surface area contributed by atoms with Crippen molar-refractivity contribution in [1.82, 2.24) is 10.1 Å². The average molecular weight is 250 g/mol. The first kappa shape index (κ1) is 10.2. The normalized spacial score (nSPS) is 24.6. The van der Waals surface area contributed by atoms with Crippen LogP contribution >= 0.6 is 11.8 Å². The molecule has 2 aliphatic rings. The molecule has 1 aromatic heterocycles. The lowest BCUT2D eigenvalue weighted by Crippen LogP contribution is -2.51. The summed E-state index contributed by atoms with van der Waals surface area (Å²) in [6, 6.07) is 1.63. The number of β-lactam (4-membered cyclic amide) rings is 1.